The van der Waals surface area contributed by atoms with Crippen molar-refractivity contribution >= 4 is 0 Å². The van der Waals surface area contributed by atoms with E-state index in [9.17, 15) is 0 Å². The molecule has 4 N–H and O–H groups in total. The first kappa shape index (κ1) is 31.6. The first-order chi connectivity index (χ1) is 11.7. The standard InChI is InChI=1S/C14H34N4.3C2H6/c1-5-8-16-11-14(15-4,12-17-9-6-2)13-18-10-7-3;3*1-2/h15-18H,5-13H2,1-4H3;3*1-2H3. The fourth-order valence-corrected chi connectivity index (χ4v) is 1.97. The molecule has 0 spiro atoms. The van der Waals surface area contributed by atoms with Crippen molar-refractivity contribution in [3.8, 4) is 0 Å². The third kappa shape index (κ3) is 21.8. The van der Waals surface area contributed by atoms with Gasteiger partial charge >= 0.3 is 0 Å². The van der Waals surface area contributed by atoms with E-state index >= 15 is 0 Å². The lowest BCUT2D eigenvalue weighted by molar-refractivity contribution is 0.299. The van der Waals surface area contributed by atoms with Crippen molar-refractivity contribution < 1.29 is 0 Å². The molecule has 24 heavy (non-hydrogen) atoms. The molecule has 0 rings (SSSR count). The highest BCUT2D eigenvalue weighted by atomic mass is 15.1. The van der Waals surface area contributed by atoms with Gasteiger partial charge in [-0.25, -0.2) is 0 Å². The van der Waals surface area contributed by atoms with Crippen LogP contribution < -0.4 is 21.3 Å². The molecule has 4 heteroatoms. The smallest absolute Gasteiger partial charge is 0.0556 e. The molecule has 4 nitrogen and oxygen atoms in total. The van der Waals surface area contributed by atoms with E-state index in [2.05, 4.69) is 49.1 Å². The summed E-state index contributed by atoms with van der Waals surface area (Å²) in [6.45, 7) is 24.9. The summed E-state index contributed by atoms with van der Waals surface area (Å²) < 4.78 is 0. The lowest BCUT2D eigenvalue weighted by atomic mass is 9.99. The summed E-state index contributed by atoms with van der Waals surface area (Å²) in [4.78, 5) is 0. The lowest BCUT2D eigenvalue weighted by Gasteiger charge is -2.35. The Morgan fingerprint density at radius 2 is 0.792 bits per heavy atom. The van der Waals surface area contributed by atoms with E-state index in [1.807, 2.05) is 41.5 Å². The molecule has 0 aliphatic carbocycles. The Morgan fingerprint density at radius 1 is 0.542 bits per heavy atom. The Hall–Kier alpha value is -0.160. The summed E-state index contributed by atoms with van der Waals surface area (Å²) in [6.07, 6.45) is 3.56. The maximum atomic E-state index is 3.54. The third-order valence-corrected chi connectivity index (χ3v) is 3.20. The second kappa shape index (κ2) is 30.7. The molecule has 0 aromatic carbocycles. The predicted octanol–water partition coefficient (Wildman–Crippen LogP) is 4.02. The van der Waals surface area contributed by atoms with Gasteiger partial charge in [0.05, 0.1) is 5.54 Å². The van der Waals surface area contributed by atoms with E-state index in [1.165, 1.54) is 19.3 Å². The minimum atomic E-state index is 0.111. The van der Waals surface area contributed by atoms with Crippen LogP contribution in [0.1, 0.15) is 81.6 Å². The first-order valence-corrected chi connectivity index (χ1v) is 10.6. The Kier molecular flexibility index (Phi) is 40.4. The SMILES string of the molecule is CC.CC.CC.CCCNCC(CNCCC)(CNCCC)NC. The number of nitrogens with one attached hydrogen (secondary N) is 4. The third-order valence-electron chi connectivity index (χ3n) is 3.20. The highest BCUT2D eigenvalue weighted by molar-refractivity contribution is 4.93. The van der Waals surface area contributed by atoms with Gasteiger partial charge in [0.1, 0.15) is 0 Å². The van der Waals surface area contributed by atoms with Crippen LogP contribution >= 0.6 is 0 Å². The van der Waals surface area contributed by atoms with Crippen molar-refractivity contribution in [2.24, 2.45) is 0 Å². The molecule has 0 atom stereocenters. The van der Waals surface area contributed by atoms with Gasteiger partial charge in [-0.3, -0.25) is 0 Å². The van der Waals surface area contributed by atoms with Gasteiger partial charge in [-0.15, -0.1) is 0 Å². The van der Waals surface area contributed by atoms with Crippen molar-refractivity contribution in [1.82, 2.24) is 21.3 Å². The summed E-state index contributed by atoms with van der Waals surface area (Å²) in [5.74, 6) is 0. The molecule has 0 unspecified atom stereocenters. The van der Waals surface area contributed by atoms with Crippen molar-refractivity contribution in [3.63, 3.8) is 0 Å². The van der Waals surface area contributed by atoms with Gasteiger partial charge in [-0.05, 0) is 45.9 Å². The van der Waals surface area contributed by atoms with Crippen molar-refractivity contribution in [3.05, 3.63) is 0 Å². The molecule has 0 amide bonds. The fraction of sp³-hybridized carbons (Fsp3) is 1.00. The highest BCUT2D eigenvalue weighted by Crippen LogP contribution is 2.01. The molecule has 0 heterocycles. The number of likely N-dealkylation sites (N-methyl/N-ethyl adjacent to an activating group) is 1. The summed E-state index contributed by atoms with van der Waals surface area (Å²) in [6, 6.07) is 0. The van der Waals surface area contributed by atoms with Crippen molar-refractivity contribution in [2.45, 2.75) is 87.1 Å². The zero-order chi connectivity index (χ0) is 19.7. The second-order valence-electron chi connectivity index (χ2n) is 5.06. The fourth-order valence-electron chi connectivity index (χ4n) is 1.97. The van der Waals surface area contributed by atoms with Gasteiger partial charge in [0.2, 0.25) is 0 Å². The summed E-state index contributed by atoms with van der Waals surface area (Å²) in [5, 5.41) is 14.1. The Morgan fingerprint density at radius 3 is 0.958 bits per heavy atom. The molecule has 0 aromatic heterocycles. The van der Waals surface area contributed by atoms with Crippen LogP contribution in [-0.4, -0.2) is 51.9 Å². The van der Waals surface area contributed by atoms with Crippen LogP contribution in [0.4, 0.5) is 0 Å². The number of hydrogen-bond acceptors (Lipinski definition) is 4. The topological polar surface area (TPSA) is 48.1 Å². The van der Waals surface area contributed by atoms with Crippen LogP contribution in [0.15, 0.2) is 0 Å². The molecule has 152 valence electrons. The maximum absolute atomic E-state index is 3.54. The zero-order valence-electron chi connectivity index (χ0n) is 18.9. The van der Waals surface area contributed by atoms with Crippen LogP contribution in [-0.2, 0) is 0 Å². The minimum absolute atomic E-state index is 0.111. The molecule has 0 fully saturated rings. The molecular formula is C20H52N4. The molecule has 0 saturated heterocycles. The van der Waals surface area contributed by atoms with Crippen LogP contribution in [0.2, 0.25) is 0 Å². The molecule has 0 radical (unpaired) electrons. The van der Waals surface area contributed by atoms with E-state index in [1.54, 1.807) is 0 Å². The monoisotopic (exact) mass is 348 g/mol. The summed E-state index contributed by atoms with van der Waals surface area (Å²) >= 11 is 0. The molecular weight excluding hydrogens is 296 g/mol. The molecule has 0 aromatic rings. The predicted molar refractivity (Wildman–Crippen MR) is 115 cm³/mol. The highest BCUT2D eigenvalue weighted by Gasteiger charge is 2.26. The van der Waals surface area contributed by atoms with Crippen molar-refractivity contribution in [2.75, 3.05) is 46.3 Å². The number of rotatable bonds is 13. The molecule has 0 bridgehead atoms. The van der Waals surface area contributed by atoms with Gasteiger partial charge in [0, 0.05) is 19.6 Å². The maximum Gasteiger partial charge on any atom is 0.0556 e. The minimum Gasteiger partial charge on any atom is -0.315 e. The summed E-state index contributed by atoms with van der Waals surface area (Å²) in [7, 11) is 2.06. The molecule has 0 aliphatic rings. The van der Waals surface area contributed by atoms with Crippen LogP contribution in [0, 0.1) is 0 Å². The average Bonchev–Trinajstić information content (AvgIpc) is 2.67. The number of hydrogen-bond donors (Lipinski definition) is 4. The lowest BCUT2D eigenvalue weighted by Crippen LogP contribution is -2.62. The molecule has 0 aliphatic heterocycles. The quantitative estimate of drug-likeness (QED) is 0.380. The van der Waals surface area contributed by atoms with E-state index in [4.69, 9.17) is 0 Å². The molecule has 0 saturated carbocycles. The largest absolute Gasteiger partial charge is 0.315 e. The van der Waals surface area contributed by atoms with E-state index < -0.39 is 0 Å². The average molecular weight is 349 g/mol. The van der Waals surface area contributed by atoms with Gasteiger partial charge < -0.3 is 21.3 Å². The summed E-state index contributed by atoms with van der Waals surface area (Å²) in [5.41, 5.74) is 0.111. The first-order valence-electron chi connectivity index (χ1n) is 10.6. The van der Waals surface area contributed by atoms with Gasteiger partial charge in [-0.2, -0.15) is 0 Å². The van der Waals surface area contributed by atoms with E-state index in [0.717, 1.165) is 39.3 Å². The Balaban J connectivity index is -0.000000297. The van der Waals surface area contributed by atoms with Gasteiger partial charge in [0.15, 0.2) is 0 Å². The Labute approximate surface area is 155 Å². The van der Waals surface area contributed by atoms with E-state index in [0.29, 0.717) is 0 Å². The zero-order valence-corrected chi connectivity index (χ0v) is 18.9. The van der Waals surface area contributed by atoms with E-state index in [-0.39, 0.29) is 5.54 Å². The van der Waals surface area contributed by atoms with Crippen molar-refractivity contribution in [1.29, 1.82) is 0 Å². The normalized spacial score (nSPS) is 9.75. The Bertz CT molecular complexity index is 148. The van der Waals surface area contributed by atoms with Crippen LogP contribution in [0.5, 0.6) is 0 Å². The van der Waals surface area contributed by atoms with Crippen LogP contribution in [0.25, 0.3) is 0 Å². The van der Waals surface area contributed by atoms with Crippen LogP contribution in [0.3, 0.4) is 0 Å². The second-order valence-corrected chi connectivity index (χ2v) is 5.06. The van der Waals surface area contributed by atoms with Gasteiger partial charge in [-0.1, -0.05) is 62.3 Å². The van der Waals surface area contributed by atoms with Gasteiger partial charge in [0.25, 0.3) is 0 Å².